The number of nitrogens with zero attached hydrogens (tertiary/aromatic N) is 2. The molecule has 2 atom stereocenters. The first-order valence-electron chi connectivity index (χ1n) is 6.67. The fourth-order valence-electron chi connectivity index (χ4n) is 2.62. The van der Waals surface area contributed by atoms with Crippen molar-refractivity contribution in [1.82, 2.24) is 9.21 Å². The molecule has 0 radical (unpaired) electrons. The molecule has 0 saturated carbocycles. The molecular weight excluding hydrogens is 284 g/mol. The van der Waals surface area contributed by atoms with Gasteiger partial charge in [-0.2, -0.15) is 4.31 Å². The molecule has 20 heavy (non-hydrogen) atoms. The molecule has 0 aliphatic carbocycles. The lowest BCUT2D eigenvalue weighted by atomic mass is 10.1. The second-order valence-corrected chi connectivity index (χ2v) is 7.04. The van der Waals surface area contributed by atoms with Crippen LogP contribution in [-0.2, 0) is 19.6 Å². The van der Waals surface area contributed by atoms with Gasteiger partial charge in [-0.25, -0.2) is 8.42 Å². The van der Waals surface area contributed by atoms with E-state index in [1.165, 1.54) is 9.21 Å². The molecule has 0 aromatic carbocycles. The molecule has 1 heterocycles. The highest BCUT2D eigenvalue weighted by Gasteiger charge is 2.39. The monoisotopic (exact) mass is 306 g/mol. The van der Waals surface area contributed by atoms with Crippen LogP contribution in [0.4, 0.5) is 0 Å². The number of aliphatic carboxylic acids is 1. The van der Waals surface area contributed by atoms with Gasteiger partial charge in [0.2, 0.25) is 15.9 Å². The highest BCUT2D eigenvalue weighted by Crippen LogP contribution is 2.23. The first-order valence-corrected chi connectivity index (χ1v) is 8.52. The molecule has 1 rings (SSSR count). The largest absolute Gasteiger partial charge is 0.481 e. The van der Waals surface area contributed by atoms with Crippen molar-refractivity contribution >= 4 is 21.9 Å². The van der Waals surface area contributed by atoms with E-state index in [4.69, 9.17) is 5.11 Å². The van der Waals surface area contributed by atoms with E-state index >= 15 is 0 Å². The molecule has 0 bridgehead atoms. The minimum atomic E-state index is -3.42. The Morgan fingerprint density at radius 1 is 1.45 bits per heavy atom. The Hall–Kier alpha value is -1.15. The van der Waals surface area contributed by atoms with Gasteiger partial charge >= 0.3 is 5.97 Å². The maximum Gasteiger partial charge on any atom is 0.305 e. The second kappa shape index (κ2) is 6.53. The molecule has 1 amide bonds. The van der Waals surface area contributed by atoms with Gasteiger partial charge in [0.1, 0.15) is 6.04 Å². The Balaban J connectivity index is 2.88. The summed E-state index contributed by atoms with van der Waals surface area (Å²) in [6.07, 6.45) is 2.08. The average molecular weight is 306 g/mol. The van der Waals surface area contributed by atoms with E-state index in [1.54, 1.807) is 13.8 Å². The van der Waals surface area contributed by atoms with E-state index in [1.807, 2.05) is 0 Å². The topological polar surface area (TPSA) is 95.0 Å². The molecule has 1 aliphatic rings. The van der Waals surface area contributed by atoms with Crippen LogP contribution in [0.5, 0.6) is 0 Å². The summed E-state index contributed by atoms with van der Waals surface area (Å²) in [5.74, 6) is -1.28. The van der Waals surface area contributed by atoms with Crippen molar-refractivity contribution in [3.8, 4) is 0 Å². The van der Waals surface area contributed by atoms with Crippen molar-refractivity contribution in [1.29, 1.82) is 0 Å². The molecule has 8 heteroatoms. The summed E-state index contributed by atoms with van der Waals surface area (Å²) >= 11 is 0. The van der Waals surface area contributed by atoms with Crippen LogP contribution in [-0.4, -0.2) is 66.0 Å². The van der Waals surface area contributed by atoms with Crippen molar-refractivity contribution in [2.75, 3.05) is 19.3 Å². The van der Waals surface area contributed by atoms with Crippen LogP contribution in [0, 0.1) is 0 Å². The number of rotatable bonds is 6. The molecule has 0 aromatic rings. The van der Waals surface area contributed by atoms with Crippen LogP contribution in [0.3, 0.4) is 0 Å². The van der Waals surface area contributed by atoms with Gasteiger partial charge in [-0.05, 0) is 26.7 Å². The Kier molecular flexibility index (Phi) is 5.52. The zero-order valence-corrected chi connectivity index (χ0v) is 12.9. The third-order valence-corrected chi connectivity index (χ3v) is 4.83. The standard InChI is InChI=1S/C12H22N2O5S/c1-4-13(9(2)8-11(15)16)12(17)10-6-5-7-14(10)20(3,18)19/h9-10H,4-8H2,1-3H3,(H,15,16). The van der Waals surface area contributed by atoms with E-state index in [-0.39, 0.29) is 12.3 Å². The third kappa shape index (κ3) is 3.92. The molecule has 0 aromatic heterocycles. The number of likely N-dealkylation sites (N-methyl/N-ethyl adjacent to an activating group) is 1. The van der Waals surface area contributed by atoms with Crippen LogP contribution in [0.25, 0.3) is 0 Å². The minimum absolute atomic E-state index is 0.148. The zero-order chi connectivity index (χ0) is 15.5. The summed E-state index contributed by atoms with van der Waals surface area (Å²) in [5.41, 5.74) is 0. The summed E-state index contributed by atoms with van der Waals surface area (Å²) in [5, 5.41) is 8.81. The summed E-state index contributed by atoms with van der Waals surface area (Å²) < 4.78 is 24.5. The first kappa shape index (κ1) is 16.9. The molecule has 0 spiro atoms. The summed E-state index contributed by atoms with van der Waals surface area (Å²) in [4.78, 5) is 24.7. The van der Waals surface area contributed by atoms with Gasteiger partial charge in [-0.3, -0.25) is 9.59 Å². The number of sulfonamides is 1. The van der Waals surface area contributed by atoms with E-state index in [9.17, 15) is 18.0 Å². The Labute approximate surface area is 119 Å². The fourth-order valence-corrected chi connectivity index (χ4v) is 3.74. The van der Waals surface area contributed by atoms with Crippen LogP contribution in [0.2, 0.25) is 0 Å². The number of hydrogen-bond acceptors (Lipinski definition) is 4. The SMILES string of the molecule is CCN(C(=O)C1CCCN1S(C)(=O)=O)C(C)CC(=O)O. The van der Waals surface area contributed by atoms with Crippen LogP contribution < -0.4 is 0 Å². The number of carbonyl (C=O) groups is 2. The van der Waals surface area contributed by atoms with Crippen LogP contribution >= 0.6 is 0 Å². The van der Waals surface area contributed by atoms with E-state index in [2.05, 4.69) is 0 Å². The normalized spacial score (nSPS) is 21.6. The molecule has 7 nitrogen and oxygen atoms in total. The number of hydrogen-bond donors (Lipinski definition) is 1. The Morgan fingerprint density at radius 2 is 2.05 bits per heavy atom. The van der Waals surface area contributed by atoms with Crippen molar-refractivity contribution in [3.05, 3.63) is 0 Å². The number of amides is 1. The average Bonchev–Trinajstić information content (AvgIpc) is 2.76. The molecule has 1 fully saturated rings. The van der Waals surface area contributed by atoms with E-state index < -0.39 is 28.1 Å². The van der Waals surface area contributed by atoms with Gasteiger partial charge < -0.3 is 10.0 Å². The second-order valence-electron chi connectivity index (χ2n) is 5.10. The maximum atomic E-state index is 12.5. The molecule has 1 saturated heterocycles. The summed E-state index contributed by atoms with van der Waals surface area (Å²) in [6.45, 7) is 4.13. The molecule has 116 valence electrons. The maximum absolute atomic E-state index is 12.5. The van der Waals surface area contributed by atoms with Crippen molar-refractivity contribution < 1.29 is 23.1 Å². The van der Waals surface area contributed by atoms with Crippen molar-refractivity contribution in [2.45, 2.75) is 45.2 Å². The van der Waals surface area contributed by atoms with Gasteiger partial charge in [-0.15, -0.1) is 0 Å². The van der Waals surface area contributed by atoms with Gasteiger partial charge in [0.05, 0.1) is 12.7 Å². The summed E-state index contributed by atoms with van der Waals surface area (Å²) in [6, 6.07) is -1.15. The number of carboxylic acids is 1. The molecular formula is C12H22N2O5S. The predicted octanol–water partition coefficient (Wildman–Crippen LogP) is 0.122. The lowest BCUT2D eigenvalue weighted by Gasteiger charge is -2.32. The molecule has 2 unspecified atom stereocenters. The van der Waals surface area contributed by atoms with E-state index in [0.717, 1.165) is 6.26 Å². The highest BCUT2D eigenvalue weighted by molar-refractivity contribution is 7.88. The van der Waals surface area contributed by atoms with Gasteiger partial charge in [0.15, 0.2) is 0 Å². The number of carboxylic acid groups (broad SMARTS) is 1. The third-order valence-electron chi connectivity index (χ3n) is 3.54. The quantitative estimate of drug-likeness (QED) is 0.752. The lowest BCUT2D eigenvalue weighted by Crippen LogP contribution is -2.50. The highest BCUT2D eigenvalue weighted by atomic mass is 32.2. The van der Waals surface area contributed by atoms with Crippen molar-refractivity contribution in [2.24, 2.45) is 0 Å². The van der Waals surface area contributed by atoms with Crippen LogP contribution in [0.1, 0.15) is 33.1 Å². The van der Waals surface area contributed by atoms with Crippen molar-refractivity contribution in [3.63, 3.8) is 0 Å². The van der Waals surface area contributed by atoms with Crippen LogP contribution in [0.15, 0.2) is 0 Å². The lowest BCUT2D eigenvalue weighted by molar-refractivity contribution is -0.141. The Bertz CT molecular complexity index is 476. The Morgan fingerprint density at radius 3 is 2.50 bits per heavy atom. The summed E-state index contributed by atoms with van der Waals surface area (Å²) in [7, 11) is -3.42. The smallest absolute Gasteiger partial charge is 0.305 e. The molecule has 1 aliphatic heterocycles. The number of carbonyl (C=O) groups excluding carboxylic acids is 1. The fraction of sp³-hybridized carbons (Fsp3) is 0.833. The van der Waals surface area contributed by atoms with Gasteiger partial charge in [0, 0.05) is 19.1 Å². The molecule has 1 N–H and O–H groups in total. The zero-order valence-electron chi connectivity index (χ0n) is 12.1. The first-order chi connectivity index (χ1) is 9.18. The van der Waals surface area contributed by atoms with Gasteiger partial charge in [-0.1, -0.05) is 0 Å². The van der Waals surface area contributed by atoms with Gasteiger partial charge in [0.25, 0.3) is 0 Å². The van der Waals surface area contributed by atoms with E-state index in [0.29, 0.717) is 25.9 Å². The predicted molar refractivity (Wildman–Crippen MR) is 73.7 cm³/mol. The minimum Gasteiger partial charge on any atom is -0.481 e.